The van der Waals surface area contributed by atoms with Crippen molar-refractivity contribution in [2.75, 3.05) is 0 Å². The van der Waals surface area contributed by atoms with Gasteiger partial charge in [0, 0.05) is 0 Å². The van der Waals surface area contributed by atoms with Gasteiger partial charge in [-0.1, -0.05) is 53.0 Å². The Morgan fingerprint density at radius 1 is 1.19 bits per heavy atom. The van der Waals surface area contributed by atoms with Crippen molar-refractivity contribution in [2.45, 2.75) is 122 Å². The Morgan fingerprint density at radius 2 is 1.81 bits per heavy atom. The lowest BCUT2D eigenvalue weighted by Crippen LogP contribution is -2.62. The zero-order valence-corrected chi connectivity index (χ0v) is 19.4. The van der Waals surface area contributed by atoms with E-state index in [4.69, 9.17) is 13.9 Å². The largest absolute Gasteiger partial charge is 0.408 e. The van der Waals surface area contributed by atoms with Crippen LogP contribution in [0.2, 0.25) is 18.1 Å². The number of ether oxygens (including phenoxy) is 2. The third kappa shape index (κ3) is 6.94. The number of hydrogen-bond donors (Lipinski definition) is 2. The van der Waals surface area contributed by atoms with E-state index in [9.17, 15) is 10.2 Å². The SMILES string of the molecule is C=CC[C@H](CCCCC)O[C@@H]1O[C@H](C)[C@H](O)[C@H](O[Si](C)(C)C(C)(C)C)[C@H]1O. The summed E-state index contributed by atoms with van der Waals surface area (Å²) in [6.07, 6.45) is 2.89. The van der Waals surface area contributed by atoms with Crippen LogP contribution in [0.15, 0.2) is 12.7 Å². The second-order valence-electron chi connectivity index (χ2n) is 9.31. The Bertz CT molecular complexity index is 448. The van der Waals surface area contributed by atoms with Crippen LogP contribution in [0.5, 0.6) is 0 Å². The summed E-state index contributed by atoms with van der Waals surface area (Å²) in [4.78, 5) is 0. The van der Waals surface area contributed by atoms with Gasteiger partial charge in [0.2, 0.25) is 0 Å². The van der Waals surface area contributed by atoms with Crippen molar-refractivity contribution < 1.29 is 24.1 Å². The van der Waals surface area contributed by atoms with Gasteiger partial charge >= 0.3 is 0 Å². The van der Waals surface area contributed by atoms with E-state index in [1.807, 2.05) is 6.08 Å². The van der Waals surface area contributed by atoms with Gasteiger partial charge in [-0.2, -0.15) is 0 Å². The number of rotatable bonds is 10. The highest BCUT2D eigenvalue weighted by Gasteiger charge is 2.49. The molecule has 0 saturated carbocycles. The van der Waals surface area contributed by atoms with Gasteiger partial charge in [0.25, 0.3) is 0 Å². The van der Waals surface area contributed by atoms with E-state index < -0.39 is 39.0 Å². The van der Waals surface area contributed by atoms with E-state index in [0.29, 0.717) is 6.42 Å². The van der Waals surface area contributed by atoms with Gasteiger partial charge in [-0.25, -0.2) is 0 Å². The van der Waals surface area contributed by atoms with Crippen LogP contribution in [0.3, 0.4) is 0 Å². The smallest absolute Gasteiger partial charge is 0.192 e. The summed E-state index contributed by atoms with van der Waals surface area (Å²) >= 11 is 0. The predicted octanol–water partition coefficient (Wildman–Crippen LogP) is 4.39. The van der Waals surface area contributed by atoms with Crippen LogP contribution in [0.4, 0.5) is 0 Å². The van der Waals surface area contributed by atoms with Gasteiger partial charge in [-0.3, -0.25) is 0 Å². The van der Waals surface area contributed by atoms with Crippen molar-refractivity contribution in [3.8, 4) is 0 Å². The van der Waals surface area contributed by atoms with Crippen LogP contribution in [0.1, 0.15) is 66.7 Å². The maximum atomic E-state index is 10.9. The third-order valence-electron chi connectivity index (χ3n) is 5.90. The molecule has 0 aromatic heterocycles. The molecule has 1 heterocycles. The highest BCUT2D eigenvalue weighted by molar-refractivity contribution is 6.74. The van der Waals surface area contributed by atoms with E-state index in [2.05, 4.69) is 47.4 Å². The minimum Gasteiger partial charge on any atom is -0.408 e. The molecule has 6 heteroatoms. The molecule has 5 nitrogen and oxygen atoms in total. The Hall–Kier alpha value is -0.243. The number of unbranched alkanes of at least 4 members (excludes halogenated alkanes) is 2. The molecule has 1 saturated heterocycles. The first-order valence-electron chi connectivity index (χ1n) is 10.4. The van der Waals surface area contributed by atoms with Crippen LogP contribution < -0.4 is 0 Å². The second-order valence-corrected chi connectivity index (χ2v) is 14.1. The normalized spacial score (nSPS) is 30.9. The Kier molecular flexibility index (Phi) is 9.65. The highest BCUT2D eigenvalue weighted by atomic mass is 28.4. The van der Waals surface area contributed by atoms with E-state index in [0.717, 1.165) is 25.7 Å². The van der Waals surface area contributed by atoms with Gasteiger partial charge in [0.1, 0.15) is 18.3 Å². The van der Waals surface area contributed by atoms with Crippen molar-refractivity contribution in [2.24, 2.45) is 0 Å². The molecule has 1 aliphatic heterocycles. The second kappa shape index (κ2) is 10.5. The molecule has 1 aliphatic rings. The molecule has 6 atom stereocenters. The van der Waals surface area contributed by atoms with Gasteiger partial charge in [-0.05, 0) is 37.9 Å². The van der Waals surface area contributed by atoms with Crippen molar-refractivity contribution in [3.05, 3.63) is 12.7 Å². The van der Waals surface area contributed by atoms with Crippen molar-refractivity contribution in [1.82, 2.24) is 0 Å². The van der Waals surface area contributed by atoms with Crippen LogP contribution in [0.25, 0.3) is 0 Å². The fourth-order valence-electron chi connectivity index (χ4n) is 3.00. The summed E-state index contributed by atoms with van der Waals surface area (Å²) in [5.74, 6) is 0. The summed E-state index contributed by atoms with van der Waals surface area (Å²) in [6, 6.07) is 0. The van der Waals surface area contributed by atoms with Crippen molar-refractivity contribution >= 4 is 8.32 Å². The van der Waals surface area contributed by atoms with Gasteiger partial charge < -0.3 is 24.1 Å². The molecule has 0 aromatic rings. The zero-order valence-electron chi connectivity index (χ0n) is 18.4. The lowest BCUT2D eigenvalue weighted by Gasteiger charge is -2.47. The molecule has 0 bridgehead atoms. The minimum atomic E-state index is -2.16. The van der Waals surface area contributed by atoms with E-state index >= 15 is 0 Å². The molecule has 0 aliphatic carbocycles. The molecular weight excluding hydrogens is 360 g/mol. The topological polar surface area (TPSA) is 68.2 Å². The fourth-order valence-corrected chi connectivity index (χ4v) is 4.32. The maximum Gasteiger partial charge on any atom is 0.192 e. The van der Waals surface area contributed by atoms with Gasteiger partial charge in [-0.15, -0.1) is 6.58 Å². The molecule has 0 unspecified atom stereocenters. The maximum absolute atomic E-state index is 10.9. The summed E-state index contributed by atoms with van der Waals surface area (Å²) in [5.41, 5.74) is 0. The zero-order chi connectivity index (χ0) is 20.8. The lowest BCUT2D eigenvalue weighted by atomic mass is 9.99. The first kappa shape index (κ1) is 24.8. The Balaban J connectivity index is 2.88. The van der Waals surface area contributed by atoms with Crippen molar-refractivity contribution in [3.63, 3.8) is 0 Å². The number of aliphatic hydroxyl groups excluding tert-OH is 2. The summed E-state index contributed by atoms with van der Waals surface area (Å²) in [5, 5.41) is 21.5. The standard InChI is InChI=1S/C21H42O5Si/c1-9-11-12-14-16(13-10-2)25-20-18(23)19(17(22)15(3)24-20)26-27(7,8)21(4,5)6/h10,15-20,22-23H,2,9,11-14H2,1,3-8H3/t15-,16-,17+,18-,19+,20+/m1/s1. The quantitative estimate of drug-likeness (QED) is 0.322. The first-order chi connectivity index (χ1) is 12.4. The van der Waals surface area contributed by atoms with E-state index in [1.165, 1.54) is 0 Å². The van der Waals surface area contributed by atoms with Gasteiger partial charge in [0.15, 0.2) is 14.6 Å². The average Bonchev–Trinajstić information content (AvgIpc) is 2.55. The molecule has 2 N–H and O–H groups in total. The first-order valence-corrected chi connectivity index (χ1v) is 13.3. The summed E-state index contributed by atoms with van der Waals surface area (Å²) < 4.78 is 18.3. The third-order valence-corrected chi connectivity index (χ3v) is 10.4. The molecule has 0 spiro atoms. The molecule has 1 rings (SSSR count). The van der Waals surface area contributed by atoms with E-state index in [-0.39, 0.29) is 11.1 Å². The van der Waals surface area contributed by atoms with Crippen LogP contribution >= 0.6 is 0 Å². The molecule has 0 aromatic carbocycles. The fraction of sp³-hybridized carbons (Fsp3) is 0.905. The number of aliphatic hydroxyl groups is 2. The lowest BCUT2D eigenvalue weighted by molar-refractivity contribution is -0.301. The summed E-state index contributed by atoms with van der Waals surface area (Å²) in [7, 11) is -2.16. The summed E-state index contributed by atoms with van der Waals surface area (Å²) in [6.45, 7) is 18.4. The molecule has 160 valence electrons. The van der Waals surface area contributed by atoms with Crippen LogP contribution in [-0.2, 0) is 13.9 Å². The molecule has 0 amide bonds. The molecular formula is C21H42O5Si. The van der Waals surface area contributed by atoms with Crippen molar-refractivity contribution in [1.29, 1.82) is 0 Å². The number of hydrogen-bond acceptors (Lipinski definition) is 5. The van der Waals surface area contributed by atoms with Crippen LogP contribution in [0, 0.1) is 0 Å². The minimum absolute atomic E-state index is 0.0180. The van der Waals surface area contributed by atoms with Gasteiger partial charge in [0.05, 0.1) is 12.2 Å². The molecule has 0 radical (unpaired) electrons. The Morgan fingerprint density at radius 3 is 2.33 bits per heavy atom. The predicted molar refractivity (Wildman–Crippen MR) is 112 cm³/mol. The Labute approximate surface area is 167 Å². The van der Waals surface area contributed by atoms with E-state index in [1.54, 1.807) is 6.92 Å². The highest BCUT2D eigenvalue weighted by Crippen LogP contribution is 2.39. The van der Waals surface area contributed by atoms with Crippen LogP contribution in [-0.4, -0.2) is 55.3 Å². The molecule has 1 fully saturated rings. The monoisotopic (exact) mass is 402 g/mol. The molecule has 27 heavy (non-hydrogen) atoms. The average molecular weight is 403 g/mol.